The maximum atomic E-state index is 13.9. The van der Waals surface area contributed by atoms with Crippen LogP contribution in [0.3, 0.4) is 0 Å². The van der Waals surface area contributed by atoms with Crippen molar-refractivity contribution in [3.8, 4) is 5.69 Å². The fraction of sp³-hybridized carbons (Fsp3) is 0.190. The number of halogens is 2. The van der Waals surface area contributed by atoms with Crippen LogP contribution in [0.25, 0.3) is 5.69 Å². The molecule has 8 heteroatoms. The molecule has 3 aromatic rings. The zero-order chi connectivity index (χ0) is 20.5. The van der Waals surface area contributed by atoms with Gasteiger partial charge >= 0.3 is 0 Å². The first-order valence-electron chi connectivity index (χ1n) is 9.16. The molecule has 4 rings (SSSR count). The number of aryl methyl sites for hydroxylation is 1. The normalized spacial score (nSPS) is 14.1. The number of fused-ring (bicyclic) bond motifs is 1. The highest BCUT2D eigenvalue weighted by Gasteiger charge is 2.19. The third-order valence-corrected chi connectivity index (χ3v) is 4.86. The van der Waals surface area contributed by atoms with Gasteiger partial charge in [0.15, 0.2) is 17.3 Å². The Hall–Kier alpha value is -3.55. The molecule has 6 nitrogen and oxygen atoms in total. The molecular weight excluding hydrogens is 378 g/mol. The summed E-state index contributed by atoms with van der Waals surface area (Å²) in [5.41, 5.74) is 2.39. The van der Waals surface area contributed by atoms with E-state index in [1.165, 1.54) is 18.3 Å². The van der Waals surface area contributed by atoms with Gasteiger partial charge in [-0.1, -0.05) is 18.2 Å². The Morgan fingerprint density at radius 1 is 1.17 bits per heavy atom. The average Bonchev–Trinajstić information content (AvgIpc) is 3.17. The van der Waals surface area contributed by atoms with Crippen molar-refractivity contribution in [3.63, 3.8) is 0 Å². The summed E-state index contributed by atoms with van der Waals surface area (Å²) in [6, 6.07) is 10.2. The van der Waals surface area contributed by atoms with Gasteiger partial charge in [0.2, 0.25) is 5.91 Å². The Balaban J connectivity index is 1.50. The Morgan fingerprint density at radius 2 is 1.93 bits per heavy atom. The molecule has 0 unspecified atom stereocenters. The number of aromatic nitrogens is 2. The maximum Gasteiger partial charge on any atom is 0.272 e. The topological polar surface area (TPSA) is 76.0 Å². The smallest absolute Gasteiger partial charge is 0.272 e. The van der Waals surface area contributed by atoms with Crippen molar-refractivity contribution in [2.24, 2.45) is 0 Å². The van der Waals surface area contributed by atoms with Gasteiger partial charge in [-0.15, -0.1) is 0 Å². The average molecular weight is 396 g/mol. The van der Waals surface area contributed by atoms with Crippen molar-refractivity contribution >= 4 is 17.5 Å². The number of amides is 2. The van der Waals surface area contributed by atoms with E-state index >= 15 is 0 Å². The van der Waals surface area contributed by atoms with Crippen LogP contribution >= 0.6 is 0 Å². The van der Waals surface area contributed by atoms with E-state index in [9.17, 15) is 18.4 Å². The van der Waals surface area contributed by atoms with E-state index in [1.54, 1.807) is 0 Å². The van der Waals surface area contributed by atoms with Crippen LogP contribution in [0.5, 0.6) is 0 Å². The van der Waals surface area contributed by atoms with Gasteiger partial charge in [-0.05, 0) is 48.7 Å². The molecule has 0 radical (unpaired) electrons. The summed E-state index contributed by atoms with van der Waals surface area (Å²) < 4.78 is 28.8. The Bertz CT molecular complexity index is 1090. The highest BCUT2D eigenvalue weighted by atomic mass is 19.1. The fourth-order valence-electron chi connectivity index (χ4n) is 3.30. The third-order valence-electron chi connectivity index (χ3n) is 4.86. The van der Waals surface area contributed by atoms with Gasteiger partial charge in [0.25, 0.3) is 5.91 Å². The van der Waals surface area contributed by atoms with E-state index in [0.717, 1.165) is 33.6 Å². The lowest BCUT2D eigenvalue weighted by molar-refractivity contribution is -0.116. The van der Waals surface area contributed by atoms with Crippen LogP contribution in [-0.4, -0.2) is 21.6 Å². The lowest BCUT2D eigenvalue weighted by atomic mass is 9.98. The van der Waals surface area contributed by atoms with Gasteiger partial charge in [0.05, 0.1) is 6.04 Å². The first-order chi connectivity index (χ1) is 13.9. The summed E-state index contributed by atoms with van der Waals surface area (Å²) >= 11 is 0. The second kappa shape index (κ2) is 7.46. The molecule has 2 N–H and O–H groups in total. The number of hydrogen-bond donors (Lipinski definition) is 2. The minimum absolute atomic E-state index is 0.00604. The second-order valence-corrected chi connectivity index (χ2v) is 6.88. The number of benzene rings is 2. The first kappa shape index (κ1) is 18.8. The molecule has 2 aromatic carbocycles. The van der Waals surface area contributed by atoms with Gasteiger partial charge in [-0.3, -0.25) is 9.59 Å². The zero-order valence-corrected chi connectivity index (χ0v) is 15.6. The van der Waals surface area contributed by atoms with Gasteiger partial charge < -0.3 is 10.6 Å². The highest BCUT2D eigenvalue weighted by Crippen LogP contribution is 2.26. The minimum atomic E-state index is -0.769. The predicted octanol–water partition coefficient (Wildman–Crippen LogP) is 3.53. The summed E-state index contributed by atoms with van der Waals surface area (Å²) in [4.78, 5) is 24.0. The van der Waals surface area contributed by atoms with Crippen LogP contribution in [-0.2, 0) is 11.2 Å². The molecule has 0 saturated carbocycles. The molecule has 0 fully saturated rings. The Labute approximate surface area is 165 Å². The van der Waals surface area contributed by atoms with Crippen molar-refractivity contribution in [3.05, 3.63) is 77.1 Å². The molecule has 1 atom stereocenters. The van der Waals surface area contributed by atoms with Crippen LogP contribution in [0.1, 0.15) is 41.0 Å². The number of nitrogens with one attached hydrogen (secondary N) is 2. The SMILES string of the molecule is C[C@@H](NC(=O)c1ccn(-c2c(F)cccc2F)n1)c1ccc2c(c1)CCC(=O)N2. The maximum absolute atomic E-state index is 13.9. The molecule has 2 heterocycles. The summed E-state index contributed by atoms with van der Waals surface area (Å²) in [7, 11) is 0. The summed E-state index contributed by atoms with van der Waals surface area (Å²) in [6.45, 7) is 1.83. The molecule has 0 saturated heterocycles. The third kappa shape index (κ3) is 3.73. The van der Waals surface area contributed by atoms with Gasteiger partial charge in [-0.25, -0.2) is 13.5 Å². The summed E-state index contributed by atoms with van der Waals surface area (Å²) in [5, 5.41) is 9.66. The van der Waals surface area contributed by atoms with Crippen LogP contribution < -0.4 is 10.6 Å². The molecule has 0 aliphatic carbocycles. The van der Waals surface area contributed by atoms with Gasteiger partial charge in [-0.2, -0.15) is 5.10 Å². The number of hydrogen-bond acceptors (Lipinski definition) is 3. The molecule has 1 aromatic heterocycles. The molecule has 148 valence electrons. The lowest BCUT2D eigenvalue weighted by Crippen LogP contribution is -2.27. The Kier molecular flexibility index (Phi) is 4.84. The number of rotatable bonds is 4. The van der Waals surface area contributed by atoms with E-state index in [0.29, 0.717) is 12.8 Å². The first-order valence-corrected chi connectivity index (χ1v) is 9.16. The Morgan fingerprint density at radius 3 is 2.69 bits per heavy atom. The molecule has 0 spiro atoms. The van der Waals surface area contributed by atoms with Crippen molar-refractivity contribution in [1.29, 1.82) is 0 Å². The van der Waals surface area contributed by atoms with E-state index < -0.39 is 17.5 Å². The molecule has 1 aliphatic rings. The molecule has 0 bridgehead atoms. The standard InChI is InChI=1S/C21H18F2N4O2/c1-12(13-5-7-17-14(11-13)6-8-19(28)25-17)24-21(29)18-9-10-27(26-18)20-15(22)3-2-4-16(20)23/h2-5,7,9-12H,6,8H2,1H3,(H,24,29)(H,25,28)/t12-/m1/s1. The summed E-state index contributed by atoms with van der Waals surface area (Å²) in [5.74, 6) is -2.00. The van der Waals surface area contributed by atoms with E-state index in [-0.39, 0.29) is 23.3 Å². The highest BCUT2D eigenvalue weighted by molar-refractivity contribution is 5.94. The van der Waals surface area contributed by atoms with Crippen LogP contribution in [0.2, 0.25) is 0 Å². The van der Waals surface area contributed by atoms with E-state index in [1.807, 2.05) is 25.1 Å². The fourth-order valence-corrected chi connectivity index (χ4v) is 3.30. The van der Waals surface area contributed by atoms with E-state index in [4.69, 9.17) is 0 Å². The lowest BCUT2D eigenvalue weighted by Gasteiger charge is -2.20. The quantitative estimate of drug-likeness (QED) is 0.709. The minimum Gasteiger partial charge on any atom is -0.344 e. The summed E-state index contributed by atoms with van der Waals surface area (Å²) in [6.07, 6.45) is 2.41. The number of carbonyl (C=O) groups excluding carboxylic acids is 2. The largest absolute Gasteiger partial charge is 0.344 e. The zero-order valence-electron chi connectivity index (χ0n) is 15.6. The van der Waals surface area contributed by atoms with Crippen molar-refractivity contribution in [2.45, 2.75) is 25.8 Å². The predicted molar refractivity (Wildman–Crippen MR) is 103 cm³/mol. The van der Waals surface area contributed by atoms with Crippen LogP contribution in [0, 0.1) is 11.6 Å². The number of anilines is 1. The number of nitrogens with zero attached hydrogens (tertiary/aromatic N) is 2. The van der Waals surface area contributed by atoms with Gasteiger partial charge in [0.1, 0.15) is 5.69 Å². The molecule has 29 heavy (non-hydrogen) atoms. The monoisotopic (exact) mass is 396 g/mol. The second-order valence-electron chi connectivity index (χ2n) is 6.88. The van der Waals surface area contributed by atoms with Crippen molar-refractivity contribution < 1.29 is 18.4 Å². The van der Waals surface area contributed by atoms with Crippen LogP contribution in [0.15, 0.2) is 48.7 Å². The molecule has 2 amide bonds. The molecule has 1 aliphatic heterocycles. The van der Waals surface area contributed by atoms with Crippen molar-refractivity contribution in [1.82, 2.24) is 15.1 Å². The number of para-hydroxylation sites is 1. The van der Waals surface area contributed by atoms with E-state index in [2.05, 4.69) is 15.7 Å². The number of carbonyl (C=O) groups is 2. The van der Waals surface area contributed by atoms with Gasteiger partial charge in [0, 0.05) is 18.3 Å². The van der Waals surface area contributed by atoms with Crippen LogP contribution in [0.4, 0.5) is 14.5 Å². The molecular formula is C21H18F2N4O2. The van der Waals surface area contributed by atoms with Crippen molar-refractivity contribution in [2.75, 3.05) is 5.32 Å².